The Morgan fingerprint density at radius 1 is 1.21 bits per heavy atom. The molecule has 0 heterocycles. The predicted molar refractivity (Wildman–Crippen MR) is 78.2 cm³/mol. The van der Waals surface area contributed by atoms with Crippen LogP contribution in [0.25, 0.3) is 0 Å². The van der Waals surface area contributed by atoms with Crippen LogP contribution < -0.4 is 0 Å². The largest absolute Gasteiger partial charge is 0.743 e. The molecule has 0 spiro atoms. The van der Waals surface area contributed by atoms with Gasteiger partial charge in [0.1, 0.15) is 17.0 Å². The van der Waals surface area contributed by atoms with E-state index in [1.165, 1.54) is 0 Å². The SMILES string of the molecule is CCC(Br)C(=O)OC1CC2CC1CC2OC(=O)C(F)(F)S(=O)(=O)[O-]. The van der Waals surface area contributed by atoms with E-state index in [0.29, 0.717) is 19.3 Å². The van der Waals surface area contributed by atoms with Gasteiger partial charge in [-0.2, -0.15) is 8.78 Å². The molecule has 2 rings (SSSR count). The lowest BCUT2D eigenvalue weighted by atomic mass is 9.95. The molecule has 2 bridgehead atoms. The maximum Gasteiger partial charge on any atom is 0.428 e. The molecule has 2 fully saturated rings. The molecule has 0 radical (unpaired) electrons. The zero-order chi connectivity index (χ0) is 18.3. The first-order chi connectivity index (χ1) is 11.0. The quantitative estimate of drug-likeness (QED) is 0.355. The van der Waals surface area contributed by atoms with E-state index in [1.807, 2.05) is 0 Å². The predicted octanol–water partition coefficient (Wildman–Crippen LogP) is 1.55. The third kappa shape index (κ3) is 3.72. The number of fused-ring (bicyclic) bond motifs is 2. The highest BCUT2D eigenvalue weighted by molar-refractivity contribution is 9.10. The molecule has 5 unspecified atom stereocenters. The first-order valence-electron chi connectivity index (χ1n) is 7.36. The molecule has 0 aromatic carbocycles. The number of rotatable bonds is 6. The van der Waals surface area contributed by atoms with Gasteiger partial charge in [-0.1, -0.05) is 22.9 Å². The Morgan fingerprint density at radius 2 is 1.71 bits per heavy atom. The van der Waals surface area contributed by atoms with Gasteiger partial charge >= 0.3 is 17.2 Å². The van der Waals surface area contributed by atoms with Crippen LogP contribution in [-0.2, 0) is 29.2 Å². The maximum atomic E-state index is 13.1. The van der Waals surface area contributed by atoms with Gasteiger partial charge in [-0.15, -0.1) is 0 Å². The number of hydrogen-bond donors (Lipinski definition) is 0. The Morgan fingerprint density at radius 3 is 2.12 bits per heavy atom. The van der Waals surface area contributed by atoms with Crippen LogP contribution >= 0.6 is 15.9 Å². The molecule has 2 aliphatic carbocycles. The minimum Gasteiger partial charge on any atom is -0.743 e. The van der Waals surface area contributed by atoms with Gasteiger partial charge in [0.15, 0.2) is 10.1 Å². The zero-order valence-electron chi connectivity index (χ0n) is 12.6. The summed E-state index contributed by atoms with van der Waals surface area (Å²) in [5, 5.41) is -5.11. The molecule has 2 aliphatic rings. The molecule has 0 N–H and O–H groups in total. The highest BCUT2D eigenvalue weighted by Crippen LogP contribution is 2.48. The first kappa shape index (κ1) is 19.5. The summed E-state index contributed by atoms with van der Waals surface area (Å²) in [5.41, 5.74) is 0. The first-order valence-corrected chi connectivity index (χ1v) is 9.68. The second-order valence-electron chi connectivity index (χ2n) is 5.99. The maximum absolute atomic E-state index is 13.1. The summed E-state index contributed by atoms with van der Waals surface area (Å²) in [6.07, 6.45) is 0.308. The van der Waals surface area contributed by atoms with Crippen LogP contribution in [-0.4, -0.2) is 47.2 Å². The third-order valence-corrected chi connectivity index (χ3v) is 6.23. The molecular formula is C13H16BrF2O7S-. The molecule has 0 aliphatic heterocycles. The Hall–Kier alpha value is -0.810. The van der Waals surface area contributed by atoms with Gasteiger partial charge in [-0.25, -0.2) is 13.2 Å². The molecule has 0 aromatic heterocycles. The van der Waals surface area contributed by atoms with Crippen molar-refractivity contribution in [3.8, 4) is 0 Å². The second-order valence-corrected chi connectivity index (χ2v) is 8.52. The fourth-order valence-electron chi connectivity index (χ4n) is 3.16. The summed E-state index contributed by atoms with van der Waals surface area (Å²) in [6, 6.07) is 0. The minimum absolute atomic E-state index is 0.147. The van der Waals surface area contributed by atoms with E-state index in [2.05, 4.69) is 20.7 Å². The lowest BCUT2D eigenvalue weighted by molar-refractivity contribution is -0.172. The van der Waals surface area contributed by atoms with Crippen LogP contribution in [0.2, 0.25) is 0 Å². The number of carbonyl (C=O) groups is 2. The number of carbonyl (C=O) groups excluding carboxylic acids is 2. The van der Waals surface area contributed by atoms with E-state index in [0.717, 1.165) is 0 Å². The Balaban J connectivity index is 1.92. The van der Waals surface area contributed by atoms with Gasteiger partial charge in [0.05, 0.1) is 0 Å². The zero-order valence-corrected chi connectivity index (χ0v) is 15.0. The smallest absolute Gasteiger partial charge is 0.428 e. The van der Waals surface area contributed by atoms with Gasteiger partial charge in [0.2, 0.25) is 0 Å². The van der Waals surface area contributed by atoms with Crippen molar-refractivity contribution in [2.45, 2.75) is 54.9 Å². The van der Waals surface area contributed by atoms with Crippen molar-refractivity contribution in [2.24, 2.45) is 11.8 Å². The van der Waals surface area contributed by atoms with Gasteiger partial charge in [-0.05, 0) is 37.5 Å². The van der Waals surface area contributed by atoms with Crippen LogP contribution in [0.1, 0.15) is 32.6 Å². The molecule has 5 atom stereocenters. The number of ether oxygens (including phenoxy) is 2. The van der Waals surface area contributed by atoms with Crippen molar-refractivity contribution in [2.75, 3.05) is 0 Å². The molecule has 2 saturated carbocycles. The van der Waals surface area contributed by atoms with Crippen molar-refractivity contribution >= 4 is 38.0 Å². The van der Waals surface area contributed by atoms with E-state index >= 15 is 0 Å². The van der Waals surface area contributed by atoms with Crippen molar-refractivity contribution in [1.82, 2.24) is 0 Å². The van der Waals surface area contributed by atoms with E-state index in [9.17, 15) is 31.3 Å². The number of halogens is 3. The minimum atomic E-state index is -6.13. The molecule has 0 amide bonds. The Bertz CT molecular complexity index is 624. The summed E-state index contributed by atoms with van der Waals surface area (Å²) in [7, 11) is -6.13. The Labute approximate surface area is 145 Å². The van der Waals surface area contributed by atoms with Crippen molar-refractivity contribution in [3.05, 3.63) is 0 Å². The normalized spacial score (nSPS) is 30.9. The molecule has 24 heavy (non-hydrogen) atoms. The molecule has 0 aromatic rings. The Kier molecular flexibility index (Phi) is 5.55. The molecule has 138 valence electrons. The second kappa shape index (κ2) is 6.83. The van der Waals surface area contributed by atoms with Crippen LogP contribution in [0.15, 0.2) is 0 Å². The van der Waals surface area contributed by atoms with Crippen LogP contribution in [0.4, 0.5) is 8.78 Å². The summed E-state index contributed by atoms with van der Waals surface area (Å²) in [5.74, 6) is -3.22. The lowest BCUT2D eigenvalue weighted by Gasteiger charge is -2.29. The third-order valence-electron chi connectivity index (χ3n) is 4.42. The van der Waals surface area contributed by atoms with Gasteiger partial charge in [-0.3, -0.25) is 4.79 Å². The number of hydrogen-bond acceptors (Lipinski definition) is 7. The highest BCUT2D eigenvalue weighted by Gasteiger charge is 2.54. The van der Waals surface area contributed by atoms with E-state index in [-0.39, 0.29) is 24.4 Å². The summed E-state index contributed by atoms with van der Waals surface area (Å²) in [4.78, 5) is 22.6. The van der Waals surface area contributed by atoms with Crippen molar-refractivity contribution in [3.63, 3.8) is 0 Å². The van der Waals surface area contributed by atoms with E-state index in [4.69, 9.17) is 4.74 Å². The van der Waals surface area contributed by atoms with Crippen LogP contribution in [0.3, 0.4) is 0 Å². The standard InChI is InChI=1S/C13H17BrF2O7S/c1-2-8(14)11(17)22-9-4-7-3-6(9)5-10(7)23-12(18)13(15,16)24(19,20)21/h6-10H,2-5H2,1H3,(H,19,20,21)/p-1. The summed E-state index contributed by atoms with van der Waals surface area (Å²) >= 11 is 3.17. The monoisotopic (exact) mass is 433 g/mol. The average molecular weight is 434 g/mol. The highest BCUT2D eigenvalue weighted by atomic mass is 79.9. The van der Waals surface area contributed by atoms with Gasteiger partial charge in [0, 0.05) is 0 Å². The molecule has 0 saturated heterocycles. The van der Waals surface area contributed by atoms with E-state index < -0.39 is 38.2 Å². The van der Waals surface area contributed by atoms with Gasteiger partial charge < -0.3 is 14.0 Å². The molecule has 11 heteroatoms. The van der Waals surface area contributed by atoms with Crippen molar-refractivity contribution < 1.29 is 40.8 Å². The number of alkyl halides is 3. The lowest BCUT2D eigenvalue weighted by Crippen LogP contribution is -2.42. The van der Waals surface area contributed by atoms with Crippen LogP contribution in [0.5, 0.6) is 0 Å². The van der Waals surface area contributed by atoms with Gasteiger partial charge in [0.25, 0.3) is 0 Å². The molecular weight excluding hydrogens is 418 g/mol. The fraction of sp³-hybridized carbons (Fsp3) is 0.846. The fourth-order valence-corrected chi connectivity index (χ4v) is 3.52. The summed E-state index contributed by atoms with van der Waals surface area (Å²) < 4.78 is 67.5. The number of esters is 2. The van der Waals surface area contributed by atoms with Crippen LogP contribution in [0, 0.1) is 11.8 Å². The topological polar surface area (TPSA) is 110 Å². The van der Waals surface area contributed by atoms with Crippen molar-refractivity contribution in [1.29, 1.82) is 0 Å². The molecule has 7 nitrogen and oxygen atoms in total. The summed E-state index contributed by atoms with van der Waals surface area (Å²) in [6.45, 7) is 1.81. The van der Waals surface area contributed by atoms with E-state index in [1.54, 1.807) is 6.92 Å². The average Bonchev–Trinajstić information content (AvgIpc) is 3.04.